The topological polar surface area (TPSA) is 122 Å². The van der Waals surface area contributed by atoms with E-state index in [0.29, 0.717) is 16.6 Å². The van der Waals surface area contributed by atoms with E-state index in [0.717, 1.165) is 11.3 Å². The molecule has 36 heavy (non-hydrogen) atoms. The zero-order chi connectivity index (χ0) is 26.0. The summed E-state index contributed by atoms with van der Waals surface area (Å²) in [4.78, 5) is 28.5. The number of carbonyl (C=O) groups excluding carboxylic acids is 1. The lowest BCUT2D eigenvalue weighted by Gasteiger charge is -2.22. The maximum atomic E-state index is 13.5. The normalized spacial score (nSPS) is 12.8. The van der Waals surface area contributed by atoms with Crippen molar-refractivity contribution in [3.8, 4) is 5.75 Å². The molecule has 186 valence electrons. The molecule has 0 aliphatic heterocycles. The molecule has 1 unspecified atom stereocenters. The number of anilines is 2. The molecular weight excluding hydrogens is 460 g/mol. The van der Waals surface area contributed by atoms with Crippen LogP contribution in [0, 0.1) is 5.21 Å². The van der Waals surface area contributed by atoms with Crippen molar-refractivity contribution in [2.24, 2.45) is 7.05 Å². The van der Waals surface area contributed by atoms with Crippen LogP contribution in [0.4, 0.5) is 17.1 Å². The van der Waals surface area contributed by atoms with E-state index in [1.54, 1.807) is 43.4 Å². The number of nitrogens with zero attached hydrogens (tertiary/aromatic N) is 2. The van der Waals surface area contributed by atoms with Crippen LogP contribution in [0.1, 0.15) is 28.4 Å². The van der Waals surface area contributed by atoms with E-state index >= 15 is 0 Å². The number of benzene rings is 3. The van der Waals surface area contributed by atoms with Gasteiger partial charge in [0.25, 0.3) is 5.56 Å². The molecule has 0 saturated heterocycles. The average molecular weight is 489 g/mol. The first-order valence-corrected chi connectivity index (χ1v) is 11.4. The number of fused-ring (bicyclic) bond motifs is 1. The van der Waals surface area contributed by atoms with Crippen LogP contribution in [0.3, 0.4) is 0 Å². The molecule has 0 saturated carbocycles. The van der Waals surface area contributed by atoms with Crippen LogP contribution in [0.15, 0.2) is 77.6 Å². The number of aromatic hydroxyl groups is 1. The molecule has 4 N–H and O–H groups in total. The van der Waals surface area contributed by atoms with Crippen LogP contribution in [0.5, 0.6) is 5.75 Å². The van der Waals surface area contributed by atoms with E-state index in [1.807, 2.05) is 43.3 Å². The number of nitrogens with one attached hydrogen (secondary N) is 2. The zero-order valence-corrected chi connectivity index (χ0v) is 20.2. The minimum atomic E-state index is -1.03. The van der Waals surface area contributed by atoms with Gasteiger partial charge in [0.15, 0.2) is 11.5 Å². The lowest BCUT2D eigenvalue weighted by Crippen LogP contribution is -2.99. The van der Waals surface area contributed by atoms with Gasteiger partial charge in [-0.1, -0.05) is 24.3 Å². The Morgan fingerprint density at radius 2 is 1.69 bits per heavy atom. The first kappa shape index (κ1) is 24.9. The fourth-order valence-electron chi connectivity index (χ4n) is 4.19. The van der Waals surface area contributed by atoms with Gasteiger partial charge >= 0.3 is 0 Å². The second kappa shape index (κ2) is 10.2. The number of hydrogen-bond donors (Lipinski definition) is 4. The van der Waals surface area contributed by atoms with E-state index in [1.165, 1.54) is 16.7 Å². The number of rotatable bonds is 8. The van der Waals surface area contributed by atoms with Gasteiger partial charge in [0.2, 0.25) is 0 Å². The Morgan fingerprint density at radius 3 is 2.31 bits per heavy atom. The highest BCUT2D eigenvalue weighted by atomic mass is 16.8. The summed E-state index contributed by atoms with van der Waals surface area (Å²) in [5.41, 5.74) is 2.25. The number of ketones is 1. The summed E-state index contributed by atoms with van der Waals surface area (Å²) in [5, 5.41) is 33.9. The first-order chi connectivity index (χ1) is 17.2. The number of carbonyl (C=O) groups is 1. The minimum Gasteiger partial charge on any atom is -0.595 e. The predicted octanol–water partition coefficient (Wildman–Crippen LogP) is 3.14. The highest BCUT2D eigenvalue weighted by Gasteiger charge is 2.25. The lowest BCUT2D eigenvalue weighted by atomic mass is 9.96. The molecule has 9 heteroatoms. The molecular formula is C27H28N4O5. The van der Waals surface area contributed by atoms with Crippen LogP contribution >= 0.6 is 0 Å². The van der Waals surface area contributed by atoms with Gasteiger partial charge in [-0.15, -0.1) is 0 Å². The Kier molecular flexibility index (Phi) is 7.07. The Balaban J connectivity index is 1.72. The SMILES string of the molecule is CN(C)c1ccc([C@H](CC(=O)c2c(O)c3ccccc3n(C)c2=O)Nc2ccc([NH+]([O-])O)cc2)cc1. The van der Waals surface area contributed by atoms with Crippen molar-refractivity contribution in [3.63, 3.8) is 0 Å². The second-order valence-corrected chi connectivity index (χ2v) is 8.80. The van der Waals surface area contributed by atoms with Crippen LogP contribution in [-0.2, 0) is 7.05 Å². The van der Waals surface area contributed by atoms with E-state index in [2.05, 4.69) is 5.32 Å². The summed E-state index contributed by atoms with van der Waals surface area (Å²) in [5.74, 6) is -0.832. The molecule has 2 atom stereocenters. The maximum Gasteiger partial charge on any atom is 0.265 e. The molecule has 0 aliphatic carbocycles. The Bertz CT molecular complexity index is 1440. The fraction of sp³-hybridized carbons (Fsp3) is 0.185. The minimum absolute atomic E-state index is 0.108. The highest BCUT2D eigenvalue weighted by Crippen LogP contribution is 2.30. The van der Waals surface area contributed by atoms with Gasteiger partial charge in [-0.25, -0.2) is 5.21 Å². The molecule has 1 aromatic heterocycles. The van der Waals surface area contributed by atoms with Gasteiger partial charge in [0.05, 0.1) is 11.6 Å². The summed E-state index contributed by atoms with van der Waals surface area (Å²) in [7, 11) is 5.42. The number of quaternary nitrogens is 1. The van der Waals surface area contributed by atoms with Crippen molar-refractivity contribution in [2.75, 3.05) is 24.3 Å². The highest BCUT2D eigenvalue weighted by molar-refractivity contribution is 6.03. The third kappa shape index (κ3) is 4.94. The van der Waals surface area contributed by atoms with Crippen LogP contribution in [0.2, 0.25) is 0 Å². The van der Waals surface area contributed by atoms with Gasteiger partial charge < -0.3 is 25.1 Å². The third-order valence-corrected chi connectivity index (χ3v) is 6.23. The summed E-state index contributed by atoms with van der Waals surface area (Å²) in [6.07, 6.45) is -0.108. The van der Waals surface area contributed by atoms with Gasteiger partial charge in [-0.3, -0.25) is 9.59 Å². The van der Waals surface area contributed by atoms with Crippen molar-refractivity contribution in [1.29, 1.82) is 0 Å². The van der Waals surface area contributed by atoms with E-state index < -0.39 is 22.6 Å². The molecule has 0 radical (unpaired) electrons. The van der Waals surface area contributed by atoms with Gasteiger partial charge in [0.1, 0.15) is 11.3 Å². The molecule has 1 heterocycles. The molecule has 0 amide bonds. The number of Topliss-reactive ketones (excluding diaryl/α,β-unsaturated/α-hetero) is 1. The Morgan fingerprint density at radius 1 is 1.06 bits per heavy atom. The second-order valence-electron chi connectivity index (χ2n) is 8.80. The molecule has 4 aromatic rings. The lowest BCUT2D eigenvalue weighted by molar-refractivity contribution is -0.991. The monoisotopic (exact) mass is 488 g/mol. The number of hydrogen-bond acceptors (Lipinski definition) is 7. The van der Waals surface area contributed by atoms with Crippen molar-refractivity contribution in [3.05, 3.63) is 99.5 Å². The quantitative estimate of drug-likeness (QED) is 0.222. The number of aryl methyl sites for hydroxylation is 1. The molecule has 0 spiro atoms. The molecule has 0 fully saturated rings. The first-order valence-electron chi connectivity index (χ1n) is 11.4. The van der Waals surface area contributed by atoms with Crippen molar-refractivity contribution in [2.45, 2.75) is 12.5 Å². The summed E-state index contributed by atoms with van der Waals surface area (Å²) >= 11 is 0. The summed E-state index contributed by atoms with van der Waals surface area (Å²) < 4.78 is 1.36. The van der Waals surface area contributed by atoms with Crippen molar-refractivity contribution in [1.82, 2.24) is 4.57 Å². The van der Waals surface area contributed by atoms with Crippen LogP contribution < -0.4 is 21.0 Å². The Hall–Kier alpha value is -4.18. The van der Waals surface area contributed by atoms with Crippen LogP contribution in [-0.4, -0.2) is 34.8 Å². The number of pyridine rings is 1. The van der Waals surface area contributed by atoms with E-state index in [9.17, 15) is 25.1 Å². The predicted molar refractivity (Wildman–Crippen MR) is 139 cm³/mol. The Labute approximate surface area is 208 Å². The van der Waals surface area contributed by atoms with Crippen molar-refractivity contribution >= 4 is 33.7 Å². The van der Waals surface area contributed by atoms with E-state index in [4.69, 9.17) is 0 Å². The number of aromatic nitrogens is 1. The average Bonchev–Trinajstić information content (AvgIpc) is 2.87. The standard InChI is InChI=1S/C27H28N4O5/c1-29(2)19-12-8-17(9-13-19)22(28-18-10-14-20(15-11-18)31(35)36)16-24(32)25-26(33)21-6-4-5-7-23(21)30(3)27(25)34/h4-15,22,28,31,33,35H,16H2,1-3H3/t22-/m0/s1. The van der Waals surface area contributed by atoms with Gasteiger partial charge in [-0.2, -0.15) is 5.23 Å². The smallest absolute Gasteiger partial charge is 0.265 e. The fourth-order valence-corrected chi connectivity index (χ4v) is 4.19. The third-order valence-electron chi connectivity index (χ3n) is 6.23. The van der Waals surface area contributed by atoms with E-state index in [-0.39, 0.29) is 23.4 Å². The zero-order valence-electron chi connectivity index (χ0n) is 20.2. The largest absolute Gasteiger partial charge is 0.595 e. The summed E-state index contributed by atoms with van der Waals surface area (Å²) in [6, 6.07) is 20.2. The van der Waals surface area contributed by atoms with Crippen LogP contribution in [0.25, 0.3) is 10.9 Å². The molecule has 9 nitrogen and oxygen atoms in total. The van der Waals surface area contributed by atoms with Crippen molar-refractivity contribution < 1.29 is 20.3 Å². The molecule has 0 aliphatic rings. The molecule has 3 aromatic carbocycles. The number of para-hydroxylation sites is 1. The molecule has 4 rings (SSSR count). The van der Waals surface area contributed by atoms with Gasteiger partial charge in [0, 0.05) is 56.5 Å². The summed E-state index contributed by atoms with van der Waals surface area (Å²) in [6.45, 7) is 0. The van der Waals surface area contributed by atoms with Gasteiger partial charge in [-0.05, 0) is 42.0 Å². The maximum absolute atomic E-state index is 13.5. The molecule has 0 bridgehead atoms.